The van der Waals surface area contributed by atoms with E-state index in [4.69, 9.17) is 0 Å². The predicted octanol–water partition coefficient (Wildman–Crippen LogP) is 1.70. The number of guanidine groups is 1. The van der Waals surface area contributed by atoms with Crippen molar-refractivity contribution in [3.8, 4) is 0 Å². The molecule has 0 saturated heterocycles. The fourth-order valence-electron chi connectivity index (χ4n) is 1.87. The summed E-state index contributed by atoms with van der Waals surface area (Å²) in [4.78, 5) is 4.13. The van der Waals surface area contributed by atoms with E-state index in [0.717, 1.165) is 12.1 Å². The highest BCUT2D eigenvalue weighted by atomic mass is 19.1. The van der Waals surface area contributed by atoms with Crippen LogP contribution in [0.25, 0.3) is 0 Å². The molecule has 2 aromatic rings. The van der Waals surface area contributed by atoms with Crippen LogP contribution in [-0.4, -0.2) is 29.3 Å². The molecule has 5 nitrogen and oxygen atoms in total. The van der Waals surface area contributed by atoms with Crippen LogP contribution in [0, 0.1) is 12.7 Å². The smallest absolute Gasteiger partial charge is 0.191 e. The van der Waals surface area contributed by atoms with E-state index in [1.807, 2.05) is 23.0 Å². The number of halogens is 1. The number of rotatable bonds is 5. The van der Waals surface area contributed by atoms with E-state index in [0.29, 0.717) is 24.6 Å². The summed E-state index contributed by atoms with van der Waals surface area (Å²) in [6.45, 7) is 3.75. The molecule has 0 amide bonds. The molecule has 6 heteroatoms. The van der Waals surface area contributed by atoms with Crippen molar-refractivity contribution >= 4 is 5.96 Å². The minimum Gasteiger partial charge on any atom is -0.355 e. The average Bonchev–Trinajstić information content (AvgIpc) is 2.99. The first kappa shape index (κ1) is 15.0. The van der Waals surface area contributed by atoms with Gasteiger partial charge in [0.2, 0.25) is 0 Å². The van der Waals surface area contributed by atoms with Gasteiger partial charge in [0.05, 0.1) is 6.54 Å². The Bertz CT molecular complexity index is 592. The molecule has 112 valence electrons. The molecule has 21 heavy (non-hydrogen) atoms. The predicted molar refractivity (Wildman–Crippen MR) is 81.6 cm³/mol. The molecule has 0 fully saturated rings. The van der Waals surface area contributed by atoms with Crippen LogP contribution in [0.1, 0.15) is 11.1 Å². The van der Waals surface area contributed by atoms with Gasteiger partial charge in [-0.2, -0.15) is 5.10 Å². The highest BCUT2D eigenvalue weighted by Crippen LogP contribution is 2.08. The second-order valence-electron chi connectivity index (χ2n) is 4.71. The lowest BCUT2D eigenvalue weighted by Gasteiger charge is -2.12. The van der Waals surface area contributed by atoms with Crippen LogP contribution in [0.2, 0.25) is 0 Å². The third-order valence-electron chi connectivity index (χ3n) is 3.11. The van der Waals surface area contributed by atoms with Crippen LogP contribution in [0.5, 0.6) is 0 Å². The Morgan fingerprint density at radius 1 is 1.38 bits per heavy atom. The van der Waals surface area contributed by atoms with Crippen molar-refractivity contribution in [3.63, 3.8) is 0 Å². The van der Waals surface area contributed by atoms with E-state index in [2.05, 4.69) is 20.7 Å². The number of hydrogen-bond acceptors (Lipinski definition) is 2. The summed E-state index contributed by atoms with van der Waals surface area (Å²) in [6.07, 6.45) is 3.66. The zero-order valence-electron chi connectivity index (χ0n) is 12.3. The maximum absolute atomic E-state index is 13.5. The molecule has 1 aromatic heterocycles. The molecule has 1 heterocycles. The molecule has 0 bridgehead atoms. The van der Waals surface area contributed by atoms with Gasteiger partial charge < -0.3 is 10.6 Å². The molecular weight excluding hydrogens is 269 g/mol. The van der Waals surface area contributed by atoms with Gasteiger partial charge in [-0.1, -0.05) is 12.1 Å². The monoisotopic (exact) mass is 289 g/mol. The second-order valence-corrected chi connectivity index (χ2v) is 4.71. The number of hydrogen-bond donors (Lipinski definition) is 2. The van der Waals surface area contributed by atoms with E-state index >= 15 is 0 Å². The Morgan fingerprint density at radius 2 is 2.24 bits per heavy atom. The molecule has 0 unspecified atom stereocenters. The Hall–Kier alpha value is -2.37. The largest absolute Gasteiger partial charge is 0.355 e. The fourth-order valence-corrected chi connectivity index (χ4v) is 1.87. The van der Waals surface area contributed by atoms with Crippen molar-refractivity contribution < 1.29 is 4.39 Å². The molecule has 0 saturated carbocycles. The van der Waals surface area contributed by atoms with Gasteiger partial charge in [0.1, 0.15) is 5.82 Å². The fraction of sp³-hybridized carbons (Fsp3) is 0.333. The van der Waals surface area contributed by atoms with Gasteiger partial charge in [-0.15, -0.1) is 0 Å². The van der Waals surface area contributed by atoms with Gasteiger partial charge in [-0.3, -0.25) is 9.67 Å². The summed E-state index contributed by atoms with van der Waals surface area (Å²) in [5.74, 6) is 0.499. The molecule has 0 aliphatic carbocycles. The normalized spacial score (nSPS) is 11.5. The van der Waals surface area contributed by atoms with Crippen LogP contribution in [-0.2, 0) is 13.1 Å². The quantitative estimate of drug-likeness (QED) is 0.650. The minimum absolute atomic E-state index is 0.184. The molecule has 0 atom stereocenters. The standard InChI is InChI=1S/C15H20FN5/c1-12-4-5-13(10-14(12)16)11-19-15(17-2)18-7-9-21-8-3-6-20-21/h3-6,8,10H,7,9,11H2,1-2H3,(H2,17,18,19). The number of aliphatic imine (C=N–C) groups is 1. The van der Waals surface area contributed by atoms with Gasteiger partial charge in [0.15, 0.2) is 5.96 Å². The summed E-state index contributed by atoms with van der Waals surface area (Å²) in [5, 5.41) is 10.5. The number of nitrogens with zero attached hydrogens (tertiary/aromatic N) is 3. The topological polar surface area (TPSA) is 54.2 Å². The van der Waals surface area contributed by atoms with Crippen LogP contribution >= 0.6 is 0 Å². The third-order valence-corrected chi connectivity index (χ3v) is 3.11. The number of benzene rings is 1. The number of aryl methyl sites for hydroxylation is 1. The highest BCUT2D eigenvalue weighted by molar-refractivity contribution is 5.79. The third kappa shape index (κ3) is 4.59. The van der Waals surface area contributed by atoms with Crippen LogP contribution in [0.4, 0.5) is 4.39 Å². The lowest BCUT2D eigenvalue weighted by Crippen LogP contribution is -2.38. The summed E-state index contributed by atoms with van der Waals surface area (Å²) >= 11 is 0. The Kier molecular flexibility index (Phi) is 5.31. The average molecular weight is 289 g/mol. The Labute approximate surface area is 123 Å². The first-order valence-electron chi connectivity index (χ1n) is 6.86. The number of aromatic nitrogens is 2. The van der Waals surface area contributed by atoms with Gasteiger partial charge >= 0.3 is 0 Å². The van der Waals surface area contributed by atoms with Crippen molar-refractivity contribution in [2.75, 3.05) is 13.6 Å². The van der Waals surface area contributed by atoms with E-state index in [9.17, 15) is 4.39 Å². The van der Waals surface area contributed by atoms with Crippen LogP contribution < -0.4 is 10.6 Å². The van der Waals surface area contributed by atoms with Crippen molar-refractivity contribution in [2.24, 2.45) is 4.99 Å². The molecule has 0 spiro atoms. The SMILES string of the molecule is CN=C(NCCn1cccn1)NCc1ccc(C)c(F)c1. The molecule has 2 N–H and O–H groups in total. The van der Waals surface area contributed by atoms with E-state index < -0.39 is 0 Å². The molecule has 0 aliphatic heterocycles. The zero-order chi connectivity index (χ0) is 15.1. The van der Waals surface area contributed by atoms with Crippen LogP contribution in [0.15, 0.2) is 41.7 Å². The van der Waals surface area contributed by atoms with E-state index in [-0.39, 0.29) is 5.82 Å². The molecule has 2 rings (SSSR count). The van der Waals surface area contributed by atoms with E-state index in [1.54, 1.807) is 32.3 Å². The zero-order valence-corrected chi connectivity index (χ0v) is 12.3. The van der Waals surface area contributed by atoms with Crippen LogP contribution in [0.3, 0.4) is 0 Å². The summed E-state index contributed by atoms with van der Waals surface area (Å²) in [7, 11) is 1.71. The van der Waals surface area contributed by atoms with Gasteiger partial charge in [0.25, 0.3) is 0 Å². The highest BCUT2D eigenvalue weighted by Gasteiger charge is 2.01. The Morgan fingerprint density at radius 3 is 2.90 bits per heavy atom. The summed E-state index contributed by atoms with van der Waals surface area (Å²) < 4.78 is 15.3. The maximum Gasteiger partial charge on any atom is 0.191 e. The lowest BCUT2D eigenvalue weighted by atomic mass is 10.1. The number of nitrogens with one attached hydrogen (secondary N) is 2. The maximum atomic E-state index is 13.5. The summed E-state index contributed by atoms with van der Waals surface area (Å²) in [5.41, 5.74) is 1.54. The summed E-state index contributed by atoms with van der Waals surface area (Å²) in [6, 6.07) is 7.11. The minimum atomic E-state index is -0.184. The molecule has 1 aromatic carbocycles. The first-order chi connectivity index (χ1) is 10.2. The van der Waals surface area contributed by atoms with Gasteiger partial charge in [-0.25, -0.2) is 4.39 Å². The first-order valence-corrected chi connectivity index (χ1v) is 6.86. The Balaban J connectivity index is 1.78. The van der Waals surface area contributed by atoms with E-state index in [1.165, 1.54) is 0 Å². The molecule has 0 radical (unpaired) electrons. The van der Waals surface area contributed by atoms with Crippen molar-refractivity contribution in [3.05, 3.63) is 53.6 Å². The van der Waals surface area contributed by atoms with Crippen molar-refractivity contribution in [2.45, 2.75) is 20.0 Å². The van der Waals surface area contributed by atoms with Crippen molar-refractivity contribution in [1.29, 1.82) is 0 Å². The molecular formula is C15H20FN5. The lowest BCUT2D eigenvalue weighted by molar-refractivity contribution is 0.597. The second kappa shape index (κ2) is 7.42. The van der Waals surface area contributed by atoms with Gasteiger partial charge in [0, 0.05) is 32.5 Å². The van der Waals surface area contributed by atoms with Crippen molar-refractivity contribution in [1.82, 2.24) is 20.4 Å². The molecule has 0 aliphatic rings. The van der Waals surface area contributed by atoms with Gasteiger partial charge in [-0.05, 0) is 30.2 Å².